The third-order valence-electron chi connectivity index (χ3n) is 4.92. The van der Waals surface area contributed by atoms with Gasteiger partial charge in [-0.05, 0) is 50.4 Å². The normalized spacial score (nSPS) is 21.2. The maximum atomic E-state index is 5.57. The maximum Gasteiger partial charge on any atom is 0.240 e. The number of rotatable bonds is 6. The predicted molar refractivity (Wildman–Crippen MR) is 88.2 cm³/mol. The van der Waals surface area contributed by atoms with E-state index in [0.29, 0.717) is 18.4 Å². The Morgan fingerprint density at radius 2 is 2.08 bits per heavy atom. The van der Waals surface area contributed by atoms with E-state index in [0.717, 1.165) is 42.3 Å². The number of aromatic nitrogens is 2. The van der Waals surface area contributed by atoms with Crippen LogP contribution in [0.2, 0.25) is 0 Å². The van der Waals surface area contributed by atoms with Gasteiger partial charge in [0.25, 0.3) is 0 Å². The van der Waals surface area contributed by atoms with Gasteiger partial charge < -0.3 is 14.0 Å². The highest BCUT2D eigenvalue weighted by molar-refractivity contribution is 5.42. The van der Waals surface area contributed by atoms with Crippen LogP contribution in [0.3, 0.4) is 0 Å². The molecule has 0 spiro atoms. The first-order valence-electron chi connectivity index (χ1n) is 8.57. The second kappa shape index (κ2) is 6.43. The molecule has 1 aromatic carbocycles. The Balaban J connectivity index is 1.55. The van der Waals surface area contributed by atoms with Crippen molar-refractivity contribution in [1.82, 2.24) is 15.0 Å². The minimum atomic E-state index is 0.284. The highest BCUT2D eigenvalue weighted by atomic mass is 16.5. The zero-order valence-electron chi connectivity index (χ0n) is 14.2. The van der Waals surface area contributed by atoms with Crippen molar-refractivity contribution in [3.63, 3.8) is 0 Å². The Morgan fingerprint density at radius 1 is 1.21 bits per heavy atom. The fourth-order valence-electron chi connectivity index (χ4n) is 3.48. The minimum Gasteiger partial charge on any atom is -0.497 e. The van der Waals surface area contributed by atoms with Crippen LogP contribution in [0.4, 0.5) is 0 Å². The van der Waals surface area contributed by atoms with E-state index >= 15 is 0 Å². The van der Waals surface area contributed by atoms with Crippen molar-refractivity contribution in [3.05, 3.63) is 35.5 Å². The molecule has 2 heterocycles. The quantitative estimate of drug-likeness (QED) is 0.810. The summed E-state index contributed by atoms with van der Waals surface area (Å²) < 4.78 is 16.4. The van der Waals surface area contributed by atoms with Crippen LogP contribution in [0.5, 0.6) is 11.5 Å². The van der Waals surface area contributed by atoms with Gasteiger partial charge in [0.15, 0.2) is 5.82 Å². The van der Waals surface area contributed by atoms with E-state index in [4.69, 9.17) is 14.0 Å². The number of hydrogen-bond acceptors (Lipinski definition) is 6. The van der Waals surface area contributed by atoms with Gasteiger partial charge in [-0.15, -0.1) is 0 Å². The van der Waals surface area contributed by atoms with Crippen molar-refractivity contribution in [3.8, 4) is 11.5 Å². The van der Waals surface area contributed by atoms with Crippen molar-refractivity contribution < 1.29 is 14.0 Å². The van der Waals surface area contributed by atoms with E-state index < -0.39 is 0 Å². The highest BCUT2D eigenvalue weighted by Crippen LogP contribution is 2.40. The number of methoxy groups -OCH3 is 2. The van der Waals surface area contributed by atoms with Crippen molar-refractivity contribution in [2.45, 2.75) is 44.2 Å². The van der Waals surface area contributed by atoms with Crippen LogP contribution in [-0.4, -0.2) is 35.8 Å². The SMILES string of the molecule is COc1ccc(OC)c([C@@H]2CCCN2Cc2nc(C3CC3)no2)c1. The summed E-state index contributed by atoms with van der Waals surface area (Å²) >= 11 is 0. The molecule has 24 heavy (non-hydrogen) atoms. The summed E-state index contributed by atoms with van der Waals surface area (Å²) in [5.74, 6) is 3.86. The maximum absolute atomic E-state index is 5.57. The Hall–Kier alpha value is -2.08. The van der Waals surface area contributed by atoms with Gasteiger partial charge in [0, 0.05) is 17.5 Å². The summed E-state index contributed by atoms with van der Waals surface area (Å²) in [5.41, 5.74) is 1.16. The van der Waals surface area contributed by atoms with Crippen LogP contribution < -0.4 is 9.47 Å². The summed E-state index contributed by atoms with van der Waals surface area (Å²) in [4.78, 5) is 6.96. The molecule has 1 aliphatic carbocycles. The van der Waals surface area contributed by atoms with E-state index in [1.165, 1.54) is 12.8 Å². The molecule has 1 aliphatic heterocycles. The zero-order chi connectivity index (χ0) is 16.5. The van der Waals surface area contributed by atoms with Crippen LogP contribution in [0, 0.1) is 0 Å². The fourth-order valence-corrected chi connectivity index (χ4v) is 3.48. The van der Waals surface area contributed by atoms with Gasteiger partial charge >= 0.3 is 0 Å². The predicted octanol–water partition coefficient (Wildman–Crippen LogP) is 3.30. The first kappa shape index (κ1) is 15.4. The van der Waals surface area contributed by atoms with Gasteiger partial charge in [-0.25, -0.2) is 0 Å². The second-order valence-electron chi connectivity index (χ2n) is 6.56. The molecule has 0 radical (unpaired) electrons. The van der Waals surface area contributed by atoms with E-state index in [-0.39, 0.29) is 6.04 Å². The summed E-state index contributed by atoms with van der Waals surface area (Å²) in [6.45, 7) is 1.71. The molecular formula is C18H23N3O3. The van der Waals surface area contributed by atoms with Crippen molar-refractivity contribution in [2.75, 3.05) is 20.8 Å². The Labute approximate surface area is 141 Å². The molecule has 6 heteroatoms. The average Bonchev–Trinajstić information content (AvgIpc) is 3.19. The molecule has 2 aliphatic rings. The smallest absolute Gasteiger partial charge is 0.240 e. The number of nitrogens with zero attached hydrogens (tertiary/aromatic N) is 3. The van der Waals surface area contributed by atoms with Gasteiger partial charge in [0.1, 0.15) is 11.5 Å². The van der Waals surface area contributed by atoms with Crippen molar-refractivity contribution in [2.24, 2.45) is 0 Å². The molecule has 2 aromatic rings. The van der Waals surface area contributed by atoms with Gasteiger partial charge in [0.2, 0.25) is 5.89 Å². The van der Waals surface area contributed by atoms with Gasteiger partial charge in [-0.1, -0.05) is 5.16 Å². The molecule has 0 bridgehead atoms. The molecule has 2 fully saturated rings. The highest BCUT2D eigenvalue weighted by Gasteiger charge is 2.32. The van der Waals surface area contributed by atoms with Gasteiger partial charge in [-0.3, -0.25) is 4.90 Å². The standard InChI is InChI=1S/C18H23N3O3/c1-22-13-7-8-16(23-2)14(10-13)15-4-3-9-21(15)11-17-19-18(20-24-17)12-5-6-12/h7-8,10,12,15H,3-6,9,11H2,1-2H3/t15-/m0/s1. The Morgan fingerprint density at radius 3 is 2.83 bits per heavy atom. The van der Waals surface area contributed by atoms with Crippen LogP contribution >= 0.6 is 0 Å². The minimum absolute atomic E-state index is 0.284. The molecular weight excluding hydrogens is 306 g/mol. The topological polar surface area (TPSA) is 60.6 Å². The van der Waals surface area contributed by atoms with Crippen LogP contribution in [0.1, 0.15) is 54.9 Å². The lowest BCUT2D eigenvalue weighted by atomic mass is 10.0. The van der Waals surface area contributed by atoms with Crippen LogP contribution in [0.25, 0.3) is 0 Å². The first-order chi connectivity index (χ1) is 11.8. The molecule has 6 nitrogen and oxygen atoms in total. The van der Waals surface area contributed by atoms with Crippen molar-refractivity contribution >= 4 is 0 Å². The molecule has 0 unspecified atom stereocenters. The second-order valence-corrected chi connectivity index (χ2v) is 6.56. The number of benzene rings is 1. The van der Waals surface area contributed by atoms with E-state index in [9.17, 15) is 0 Å². The zero-order valence-corrected chi connectivity index (χ0v) is 14.2. The Kier molecular flexibility index (Phi) is 4.14. The third kappa shape index (κ3) is 2.98. The summed E-state index contributed by atoms with van der Waals surface area (Å²) in [6, 6.07) is 6.27. The van der Waals surface area contributed by atoms with Crippen LogP contribution in [0.15, 0.2) is 22.7 Å². The lowest BCUT2D eigenvalue weighted by Crippen LogP contribution is -2.23. The number of hydrogen-bond donors (Lipinski definition) is 0. The first-order valence-corrected chi connectivity index (χ1v) is 8.57. The number of likely N-dealkylation sites (tertiary alicyclic amines) is 1. The molecule has 128 valence electrons. The molecule has 4 rings (SSSR count). The third-order valence-corrected chi connectivity index (χ3v) is 4.92. The van der Waals surface area contributed by atoms with E-state index in [1.54, 1.807) is 14.2 Å². The van der Waals surface area contributed by atoms with Crippen molar-refractivity contribution in [1.29, 1.82) is 0 Å². The van der Waals surface area contributed by atoms with Crippen LogP contribution in [-0.2, 0) is 6.54 Å². The summed E-state index contributed by atoms with van der Waals surface area (Å²) in [6.07, 6.45) is 4.61. The lowest BCUT2D eigenvalue weighted by Gasteiger charge is -2.25. The van der Waals surface area contributed by atoms with Gasteiger partial charge in [0.05, 0.1) is 20.8 Å². The molecule has 0 N–H and O–H groups in total. The Bertz CT molecular complexity index is 711. The largest absolute Gasteiger partial charge is 0.497 e. The summed E-state index contributed by atoms with van der Waals surface area (Å²) in [5, 5.41) is 4.12. The molecule has 0 amide bonds. The van der Waals surface area contributed by atoms with E-state index in [1.807, 2.05) is 12.1 Å². The lowest BCUT2D eigenvalue weighted by molar-refractivity contribution is 0.208. The molecule has 1 saturated heterocycles. The van der Waals surface area contributed by atoms with E-state index in [2.05, 4.69) is 21.1 Å². The van der Waals surface area contributed by atoms with Gasteiger partial charge in [-0.2, -0.15) is 4.98 Å². The monoisotopic (exact) mass is 329 g/mol. The number of ether oxygens (including phenoxy) is 2. The summed E-state index contributed by atoms with van der Waals surface area (Å²) in [7, 11) is 3.40. The molecule has 1 aromatic heterocycles. The average molecular weight is 329 g/mol. The molecule has 1 atom stereocenters. The fraction of sp³-hybridized carbons (Fsp3) is 0.556. The molecule has 1 saturated carbocycles.